The number of hydrogen-bond acceptors (Lipinski definition) is 5. The van der Waals surface area contributed by atoms with E-state index in [2.05, 4.69) is 25.8 Å². The number of fused-ring (bicyclic) bond motifs is 2. The summed E-state index contributed by atoms with van der Waals surface area (Å²) in [6.07, 6.45) is 5.30. The van der Waals surface area contributed by atoms with Crippen LogP contribution < -0.4 is 10.6 Å². The van der Waals surface area contributed by atoms with Crippen LogP contribution in [-0.4, -0.2) is 45.3 Å². The van der Waals surface area contributed by atoms with Crippen molar-refractivity contribution in [1.82, 2.24) is 25.8 Å². The molecule has 7 nitrogen and oxygen atoms in total. The van der Waals surface area contributed by atoms with Gasteiger partial charge in [0.15, 0.2) is 5.65 Å². The minimum absolute atomic E-state index is 0.0896. The van der Waals surface area contributed by atoms with Gasteiger partial charge in [0.25, 0.3) is 5.91 Å². The summed E-state index contributed by atoms with van der Waals surface area (Å²) in [6, 6.07) is 8.76. The normalized spacial score (nSPS) is 24.2. The number of benzene rings is 1. The lowest BCUT2D eigenvalue weighted by Crippen LogP contribution is -2.49. The third-order valence-electron chi connectivity index (χ3n) is 6.20. The standard InChI is InChI=1S/C21H23N5O2/c27-14-4-1-13(2-5-14)18-9-16(17-10-23-26-20(17)24-18)21(28)25-19-11-22-8-7-12-3-6-15(12)19/h1-2,4-5,9-10,12,15,19,22,27H,3,6-8,11H2,(H,25,28)(H,23,24,26)/t12?,15?,19-/m1/s1. The third kappa shape index (κ3) is 3.01. The molecule has 1 saturated carbocycles. The fourth-order valence-electron chi connectivity index (χ4n) is 4.48. The molecule has 1 saturated heterocycles. The zero-order valence-electron chi connectivity index (χ0n) is 15.5. The number of nitrogens with zero attached hydrogens (tertiary/aromatic N) is 2. The Bertz CT molecular complexity index is 1010. The number of hydrogen-bond donors (Lipinski definition) is 4. The lowest BCUT2D eigenvalue weighted by Gasteiger charge is -2.40. The zero-order chi connectivity index (χ0) is 19.1. The van der Waals surface area contributed by atoms with Crippen LogP contribution in [0.25, 0.3) is 22.3 Å². The molecule has 3 aromatic rings. The number of aromatic nitrogens is 3. The summed E-state index contributed by atoms with van der Waals surface area (Å²) in [6.45, 7) is 1.84. The first kappa shape index (κ1) is 17.2. The van der Waals surface area contributed by atoms with E-state index in [1.165, 1.54) is 19.3 Å². The lowest BCUT2D eigenvalue weighted by atomic mass is 9.69. The van der Waals surface area contributed by atoms with Crippen LogP contribution >= 0.6 is 0 Å². The van der Waals surface area contributed by atoms with Crippen molar-refractivity contribution in [1.29, 1.82) is 0 Å². The minimum atomic E-state index is -0.0896. The fraction of sp³-hybridized carbons (Fsp3) is 0.381. The largest absolute Gasteiger partial charge is 0.508 e. The first-order chi connectivity index (χ1) is 13.7. The third-order valence-corrected chi connectivity index (χ3v) is 6.20. The van der Waals surface area contributed by atoms with Crippen LogP contribution in [0.3, 0.4) is 0 Å². The maximum Gasteiger partial charge on any atom is 0.252 e. The maximum absolute atomic E-state index is 13.2. The minimum Gasteiger partial charge on any atom is -0.508 e. The summed E-state index contributed by atoms with van der Waals surface area (Å²) in [7, 11) is 0. The number of carbonyl (C=O) groups is 1. The van der Waals surface area contributed by atoms with Crippen LogP contribution in [0.15, 0.2) is 36.5 Å². The van der Waals surface area contributed by atoms with E-state index in [4.69, 9.17) is 0 Å². The Labute approximate surface area is 162 Å². The number of phenols is 1. The number of rotatable bonds is 3. The van der Waals surface area contributed by atoms with Gasteiger partial charge >= 0.3 is 0 Å². The predicted octanol–water partition coefficient (Wildman–Crippen LogP) is 2.45. The lowest BCUT2D eigenvalue weighted by molar-refractivity contribution is 0.0849. The fourth-order valence-corrected chi connectivity index (χ4v) is 4.48. The van der Waals surface area contributed by atoms with E-state index in [-0.39, 0.29) is 17.7 Å². The van der Waals surface area contributed by atoms with Crippen LogP contribution in [0.4, 0.5) is 0 Å². The Morgan fingerprint density at radius 1 is 1.18 bits per heavy atom. The van der Waals surface area contributed by atoms with E-state index in [0.29, 0.717) is 28.2 Å². The summed E-state index contributed by atoms with van der Waals surface area (Å²) >= 11 is 0. The van der Waals surface area contributed by atoms with Gasteiger partial charge in [-0.3, -0.25) is 9.89 Å². The summed E-state index contributed by atoms with van der Waals surface area (Å²) < 4.78 is 0. The van der Waals surface area contributed by atoms with Gasteiger partial charge in [0.05, 0.1) is 22.8 Å². The van der Waals surface area contributed by atoms with Gasteiger partial charge in [-0.25, -0.2) is 4.98 Å². The zero-order valence-corrected chi connectivity index (χ0v) is 15.5. The van der Waals surface area contributed by atoms with Crippen LogP contribution in [0.2, 0.25) is 0 Å². The van der Waals surface area contributed by atoms with E-state index in [0.717, 1.165) is 24.6 Å². The maximum atomic E-state index is 13.2. The van der Waals surface area contributed by atoms with Crippen LogP contribution in [0.1, 0.15) is 29.6 Å². The van der Waals surface area contributed by atoms with Crippen molar-refractivity contribution in [2.75, 3.05) is 13.1 Å². The molecule has 5 rings (SSSR count). The molecule has 144 valence electrons. The van der Waals surface area contributed by atoms with Crippen molar-refractivity contribution in [2.24, 2.45) is 11.8 Å². The number of phenolic OH excluding ortho intramolecular Hbond substituents is 1. The van der Waals surface area contributed by atoms with Crippen LogP contribution in [0.5, 0.6) is 5.75 Å². The van der Waals surface area contributed by atoms with Crippen LogP contribution in [-0.2, 0) is 0 Å². The summed E-state index contributed by atoms with van der Waals surface area (Å²) in [5.74, 6) is 1.39. The molecule has 1 aliphatic heterocycles. The molecule has 2 aliphatic rings. The summed E-state index contributed by atoms with van der Waals surface area (Å²) in [5, 5.41) is 23.9. The smallest absolute Gasteiger partial charge is 0.252 e. The van der Waals surface area contributed by atoms with E-state index in [1.807, 2.05) is 6.07 Å². The van der Waals surface area contributed by atoms with Crippen molar-refractivity contribution in [3.8, 4) is 17.0 Å². The highest BCUT2D eigenvalue weighted by atomic mass is 16.3. The number of H-pyrrole nitrogens is 1. The van der Waals surface area contributed by atoms with Gasteiger partial charge in [0, 0.05) is 18.2 Å². The number of pyridine rings is 1. The van der Waals surface area contributed by atoms with E-state index in [9.17, 15) is 9.90 Å². The molecule has 2 unspecified atom stereocenters. The van der Waals surface area contributed by atoms with Crippen molar-refractivity contribution in [3.05, 3.63) is 42.1 Å². The molecule has 2 fully saturated rings. The van der Waals surface area contributed by atoms with Crippen LogP contribution in [0, 0.1) is 11.8 Å². The Morgan fingerprint density at radius 3 is 2.82 bits per heavy atom. The highest BCUT2D eigenvalue weighted by Gasteiger charge is 2.38. The van der Waals surface area contributed by atoms with Gasteiger partial charge in [-0.1, -0.05) is 0 Å². The number of amides is 1. The van der Waals surface area contributed by atoms with Crippen molar-refractivity contribution >= 4 is 16.9 Å². The first-order valence-electron chi connectivity index (χ1n) is 9.84. The Balaban J connectivity index is 1.48. The first-order valence-corrected chi connectivity index (χ1v) is 9.84. The Hall–Kier alpha value is -2.93. The molecule has 2 aromatic heterocycles. The SMILES string of the molecule is O=C(N[C@@H]1CNCCC2CCC21)c1cc(-c2ccc(O)cc2)nc2[nH]ncc12. The molecule has 0 radical (unpaired) electrons. The highest BCUT2D eigenvalue weighted by molar-refractivity contribution is 6.06. The van der Waals surface area contributed by atoms with Crippen molar-refractivity contribution < 1.29 is 9.90 Å². The number of aromatic hydroxyl groups is 1. The molecule has 1 aliphatic carbocycles. The quantitative estimate of drug-likeness (QED) is 0.561. The molecule has 0 spiro atoms. The van der Waals surface area contributed by atoms with Gasteiger partial charge in [0.1, 0.15) is 5.75 Å². The summed E-state index contributed by atoms with van der Waals surface area (Å²) in [4.78, 5) is 17.8. The monoisotopic (exact) mass is 377 g/mol. The second kappa shape index (κ2) is 6.91. The molecule has 3 heterocycles. The van der Waals surface area contributed by atoms with E-state index < -0.39 is 0 Å². The van der Waals surface area contributed by atoms with Crippen molar-refractivity contribution in [3.63, 3.8) is 0 Å². The summed E-state index contributed by atoms with van der Waals surface area (Å²) in [5.41, 5.74) is 2.65. The highest BCUT2D eigenvalue weighted by Crippen LogP contribution is 2.40. The molecule has 4 N–H and O–H groups in total. The van der Waals surface area contributed by atoms with Crippen molar-refractivity contribution in [2.45, 2.75) is 25.3 Å². The second-order valence-electron chi connectivity index (χ2n) is 7.81. The average Bonchev–Trinajstić information content (AvgIpc) is 3.10. The average molecular weight is 377 g/mol. The van der Waals surface area contributed by atoms with E-state index >= 15 is 0 Å². The molecule has 1 amide bonds. The van der Waals surface area contributed by atoms with Gasteiger partial charge in [0.2, 0.25) is 0 Å². The molecule has 7 heteroatoms. The van der Waals surface area contributed by atoms with Gasteiger partial charge < -0.3 is 15.7 Å². The molecular formula is C21H23N5O2. The van der Waals surface area contributed by atoms with Gasteiger partial charge in [-0.15, -0.1) is 0 Å². The number of carbonyl (C=O) groups excluding carboxylic acids is 1. The number of nitrogens with one attached hydrogen (secondary N) is 3. The topological polar surface area (TPSA) is 103 Å². The van der Waals surface area contributed by atoms with Gasteiger partial charge in [-0.05, 0) is 68.0 Å². The Morgan fingerprint density at radius 2 is 2.04 bits per heavy atom. The predicted molar refractivity (Wildman–Crippen MR) is 106 cm³/mol. The molecule has 28 heavy (non-hydrogen) atoms. The molecule has 3 atom stereocenters. The molecule has 0 bridgehead atoms. The van der Waals surface area contributed by atoms with E-state index in [1.54, 1.807) is 30.5 Å². The van der Waals surface area contributed by atoms with Gasteiger partial charge in [-0.2, -0.15) is 5.10 Å². The second-order valence-corrected chi connectivity index (χ2v) is 7.81. The molecular weight excluding hydrogens is 354 g/mol. The molecule has 1 aromatic carbocycles. The number of aromatic amines is 1. The Kier molecular flexibility index (Phi) is 4.24.